The Morgan fingerprint density at radius 1 is 1.35 bits per heavy atom. The second-order valence-corrected chi connectivity index (χ2v) is 5.16. The highest BCUT2D eigenvalue weighted by Gasteiger charge is 2.19. The second-order valence-electron chi connectivity index (χ2n) is 5.16. The molecule has 2 atom stereocenters. The number of rotatable bonds is 4. The van der Waals surface area contributed by atoms with E-state index in [4.69, 9.17) is 5.11 Å². The lowest BCUT2D eigenvalue weighted by atomic mass is 9.93. The van der Waals surface area contributed by atoms with Crippen LogP contribution in [0.25, 0.3) is 0 Å². The molecule has 106 valence electrons. The van der Waals surface area contributed by atoms with Crippen LogP contribution < -0.4 is 5.32 Å². The van der Waals surface area contributed by atoms with Crippen LogP contribution in [-0.4, -0.2) is 17.0 Å². The van der Waals surface area contributed by atoms with Crippen LogP contribution in [0.4, 0.5) is 5.69 Å². The number of benzene rings is 1. The molecule has 1 aliphatic rings. The number of allylic oxidation sites excluding steroid dienone is 2. The molecular formula is C16H19NO3. The SMILES string of the molecule is CC(C(=O)O)c1cccc(NC(=O)C2CC=CCC2)c1. The molecule has 0 bridgehead atoms. The van der Waals surface area contributed by atoms with Crippen LogP contribution in [0.5, 0.6) is 0 Å². The van der Waals surface area contributed by atoms with Gasteiger partial charge in [0.15, 0.2) is 0 Å². The standard InChI is InChI=1S/C16H19NO3/c1-11(16(19)20)13-8-5-9-14(10-13)17-15(18)12-6-3-2-4-7-12/h2-3,5,8-12H,4,6-7H2,1H3,(H,17,18)(H,19,20). The zero-order chi connectivity index (χ0) is 14.5. The maximum atomic E-state index is 12.1. The number of amides is 1. The highest BCUT2D eigenvalue weighted by atomic mass is 16.4. The number of carboxylic acid groups (broad SMARTS) is 1. The number of aliphatic carboxylic acids is 1. The van der Waals surface area contributed by atoms with E-state index in [1.807, 2.05) is 6.08 Å². The third kappa shape index (κ3) is 3.47. The van der Waals surface area contributed by atoms with E-state index in [9.17, 15) is 9.59 Å². The highest BCUT2D eigenvalue weighted by molar-refractivity contribution is 5.93. The smallest absolute Gasteiger partial charge is 0.310 e. The van der Waals surface area contributed by atoms with Gasteiger partial charge >= 0.3 is 5.97 Å². The molecule has 0 fully saturated rings. The summed E-state index contributed by atoms with van der Waals surface area (Å²) in [6, 6.07) is 7.05. The molecule has 0 saturated carbocycles. The minimum Gasteiger partial charge on any atom is -0.481 e. The Labute approximate surface area is 118 Å². The second kappa shape index (κ2) is 6.37. The number of hydrogen-bond donors (Lipinski definition) is 2. The first-order chi connectivity index (χ1) is 9.58. The summed E-state index contributed by atoms with van der Waals surface area (Å²) in [6.45, 7) is 1.63. The Hall–Kier alpha value is -2.10. The van der Waals surface area contributed by atoms with Crippen molar-refractivity contribution in [3.8, 4) is 0 Å². The summed E-state index contributed by atoms with van der Waals surface area (Å²) in [7, 11) is 0. The van der Waals surface area contributed by atoms with Crippen molar-refractivity contribution in [2.75, 3.05) is 5.32 Å². The molecule has 1 aromatic rings. The summed E-state index contributed by atoms with van der Waals surface area (Å²) in [5.41, 5.74) is 1.36. The molecule has 1 aromatic carbocycles. The van der Waals surface area contributed by atoms with Gasteiger partial charge in [-0.2, -0.15) is 0 Å². The molecule has 20 heavy (non-hydrogen) atoms. The van der Waals surface area contributed by atoms with Crippen LogP contribution in [0.2, 0.25) is 0 Å². The average Bonchev–Trinajstić information content (AvgIpc) is 2.47. The Bertz CT molecular complexity index is 536. The zero-order valence-electron chi connectivity index (χ0n) is 11.5. The predicted octanol–water partition coefficient (Wildman–Crippen LogP) is 3.17. The fourth-order valence-corrected chi connectivity index (χ4v) is 2.30. The van der Waals surface area contributed by atoms with E-state index < -0.39 is 11.9 Å². The molecular weight excluding hydrogens is 254 g/mol. The Balaban J connectivity index is 2.06. The summed E-state index contributed by atoms with van der Waals surface area (Å²) in [4.78, 5) is 23.1. The fraction of sp³-hybridized carbons (Fsp3) is 0.375. The van der Waals surface area contributed by atoms with Crippen LogP contribution in [0, 0.1) is 5.92 Å². The first-order valence-corrected chi connectivity index (χ1v) is 6.86. The van der Waals surface area contributed by atoms with Gasteiger partial charge in [-0.05, 0) is 43.9 Å². The fourth-order valence-electron chi connectivity index (χ4n) is 2.30. The van der Waals surface area contributed by atoms with Crippen LogP contribution >= 0.6 is 0 Å². The summed E-state index contributed by atoms with van der Waals surface area (Å²) in [6.07, 6.45) is 6.72. The van der Waals surface area contributed by atoms with Gasteiger partial charge in [0, 0.05) is 11.6 Å². The van der Waals surface area contributed by atoms with E-state index in [0.717, 1.165) is 19.3 Å². The third-order valence-electron chi connectivity index (χ3n) is 3.66. The first kappa shape index (κ1) is 14.3. The van der Waals surface area contributed by atoms with E-state index >= 15 is 0 Å². The van der Waals surface area contributed by atoms with E-state index in [2.05, 4.69) is 11.4 Å². The predicted molar refractivity (Wildman–Crippen MR) is 77.6 cm³/mol. The summed E-state index contributed by atoms with van der Waals surface area (Å²) < 4.78 is 0. The number of carbonyl (C=O) groups excluding carboxylic acids is 1. The number of carboxylic acids is 1. The van der Waals surface area contributed by atoms with Gasteiger partial charge in [0.2, 0.25) is 5.91 Å². The molecule has 2 N–H and O–H groups in total. The molecule has 0 spiro atoms. The topological polar surface area (TPSA) is 66.4 Å². The molecule has 0 aromatic heterocycles. The molecule has 0 saturated heterocycles. The van der Waals surface area contributed by atoms with E-state index in [1.54, 1.807) is 31.2 Å². The van der Waals surface area contributed by atoms with E-state index in [-0.39, 0.29) is 11.8 Å². The van der Waals surface area contributed by atoms with Gasteiger partial charge in [-0.3, -0.25) is 9.59 Å². The van der Waals surface area contributed by atoms with Crippen LogP contribution in [0.15, 0.2) is 36.4 Å². The monoisotopic (exact) mass is 273 g/mol. The Morgan fingerprint density at radius 3 is 2.80 bits per heavy atom. The number of anilines is 1. The summed E-state index contributed by atoms with van der Waals surface area (Å²) >= 11 is 0. The molecule has 2 rings (SSSR count). The number of hydrogen-bond acceptors (Lipinski definition) is 2. The minimum absolute atomic E-state index is 0.00878. The summed E-state index contributed by atoms with van der Waals surface area (Å²) in [5.74, 6) is -1.43. The van der Waals surface area contributed by atoms with Gasteiger partial charge in [0.25, 0.3) is 0 Å². The van der Waals surface area contributed by atoms with E-state index in [1.165, 1.54) is 0 Å². The highest BCUT2D eigenvalue weighted by Crippen LogP contribution is 2.22. The molecule has 1 amide bonds. The normalized spacial score (nSPS) is 19.4. The van der Waals surface area contributed by atoms with Gasteiger partial charge in [-0.25, -0.2) is 0 Å². The maximum absolute atomic E-state index is 12.1. The number of carbonyl (C=O) groups is 2. The Kier molecular flexibility index (Phi) is 4.56. The molecule has 1 aliphatic carbocycles. The van der Waals surface area contributed by atoms with Crippen molar-refractivity contribution in [1.29, 1.82) is 0 Å². The van der Waals surface area contributed by atoms with E-state index in [0.29, 0.717) is 11.3 Å². The molecule has 4 heteroatoms. The molecule has 0 aliphatic heterocycles. The van der Waals surface area contributed by atoms with Gasteiger partial charge in [-0.15, -0.1) is 0 Å². The van der Waals surface area contributed by atoms with Crippen molar-refractivity contribution < 1.29 is 14.7 Å². The molecule has 0 radical (unpaired) electrons. The third-order valence-corrected chi connectivity index (χ3v) is 3.66. The largest absolute Gasteiger partial charge is 0.481 e. The lowest BCUT2D eigenvalue weighted by Crippen LogP contribution is -2.23. The zero-order valence-corrected chi connectivity index (χ0v) is 11.5. The maximum Gasteiger partial charge on any atom is 0.310 e. The lowest BCUT2D eigenvalue weighted by Gasteiger charge is -2.17. The van der Waals surface area contributed by atoms with Gasteiger partial charge in [0.1, 0.15) is 0 Å². The number of nitrogens with one attached hydrogen (secondary N) is 1. The van der Waals surface area contributed by atoms with Gasteiger partial charge in [-0.1, -0.05) is 24.3 Å². The van der Waals surface area contributed by atoms with Crippen molar-refractivity contribution >= 4 is 17.6 Å². The van der Waals surface area contributed by atoms with Crippen molar-refractivity contribution in [3.63, 3.8) is 0 Å². The average molecular weight is 273 g/mol. The summed E-state index contributed by atoms with van der Waals surface area (Å²) in [5, 5.41) is 11.9. The van der Waals surface area contributed by atoms with Crippen LogP contribution in [-0.2, 0) is 9.59 Å². The van der Waals surface area contributed by atoms with Crippen molar-refractivity contribution in [1.82, 2.24) is 0 Å². The van der Waals surface area contributed by atoms with Crippen LogP contribution in [0.1, 0.15) is 37.7 Å². The minimum atomic E-state index is -0.870. The van der Waals surface area contributed by atoms with Crippen molar-refractivity contribution in [2.24, 2.45) is 5.92 Å². The van der Waals surface area contributed by atoms with Gasteiger partial charge < -0.3 is 10.4 Å². The lowest BCUT2D eigenvalue weighted by molar-refractivity contribution is -0.138. The quantitative estimate of drug-likeness (QED) is 0.828. The van der Waals surface area contributed by atoms with Crippen LogP contribution in [0.3, 0.4) is 0 Å². The molecule has 0 heterocycles. The van der Waals surface area contributed by atoms with Crippen molar-refractivity contribution in [2.45, 2.75) is 32.1 Å². The van der Waals surface area contributed by atoms with Gasteiger partial charge in [0.05, 0.1) is 5.92 Å². The molecule has 2 unspecified atom stereocenters. The Morgan fingerprint density at radius 2 is 2.15 bits per heavy atom. The van der Waals surface area contributed by atoms with Crippen molar-refractivity contribution in [3.05, 3.63) is 42.0 Å². The molecule has 4 nitrogen and oxygen atoms in total. The first-order valence-electron chi connectivity index (χ1n) is 6.86.